The number of carboxylic acids is 1. The standard InChI is InChI=1S/C22H22ClF3N2O5S/c23-18-9-8-16(22(24,25)26)12-19(18)28(34(32,33)17-6-2-1-3-7-17)14-20(29)27-10-4-5-15(13-27)11-21(30)31/h1-3,6-9,12,15H,4-5,10-11,13-14H2,(H,30,31). The van der Waals surface area contributed by atoms with E-state index in [9.17, 15) is 31.2 Å². The minimum Gasteiger partial charge on any atom is -0.481 e. The molecule has 2 aromatic carbocycles. The van der Waals surface area contributed by atoms with Gasteiger partial charge in [0, 0.05) is 19.5 Å². The molecule has 0 spiro atoms. The number of sulfonamides is 1. The first-order chi connectivity index (χ1) is 15.9. The molecule has 7 nitrogen and oxygen atoms in total. The number of carbonyl (C=O) groups is 2. The lowest BCUT2D eigenvalue weighted by Crippen LogP contribution is -2.47. The van der Waals surface area contributed by atoms with Gasteiger partial charge < -0.3 is 10.0 Å². The molecule has 1 fully saturated rings. The highest BCUT2D eigenvalue weighted by Gasteiger charge is 2.35. The molecule has 34 heavy (non-hydrogen) atoms. The van der Waals surface area contributed by atoms with Crippen molar-refractivity contribution in [1.82, 2.24) is 4.90 Å². The zero-order chi connectivity index (χ0) is 25.1. The summed E-state index contributed by atoms with van der Waals surface area (Å²) in [5.74, 6) is -1.97. The highest BCUT2D eigenvalue weighted by molar-refractivity contribution is 7.92. The fourth-order valence-electron chi connectivity index (χ4n) is 3.83. The molecule has 2 aromatic rings. The molecule has 1 aliphatic rings. The summed E-state index contributed by atoms with van der Waals surface area (Å²) >= 11 is 6.12. The Morgan fingerprint density at radius 1 is 1.15 bits per heavy atom. The Morgan fingerprint density at radius 2 is 1.82 bits per heavy atom. The lowest BCUT2D eigenvalue weighted by Gasteiger charge is -2.34. The summed E-state index contributed by atoms with van der Waals surface area (Å²) in [7, 11) is -4.47. The smallest absolute Gasteiger partial charge is 0.416 e. The minimum atomic E-state index is -4.76. The van der Waals surface area contributed by atoms with E-state index in [0.29, 0.717) is 23.2 Å². The van der Waals surface area contributed by atoms with Gasteiger partial charge in [-0.2, -0.15) is 13.2 Å². The number of hydrogen-bond acceptors (Lipinski definition) is 4. The van der Waals surface area contributed by atoms with Crippen molar-refractivity contribution in [2.75, 3.05) is 23.9 Å². The highest BCUT2D eigenvalue weighted by atomic mass is 35.5. The van der Waals surface area contributed by atoms with E-state index in [0.717, 1.165) is 12.1 Å². The molecule has 1 aliphatic heterocycles. The summed E-state index contributed by atoms with van der Waals surface area (Å²) in [6.45, 7) is -0.400. The topological polar surface area (TPSA) is 95.0 Å². The number of amides is 1. The second-order valence-electron chi connectivity index (χ2n) is 7.93. The molecule has 0 aliphatic carbocycles. The molecule has 12 heteroatoms. The molecule has 0 radical (unpaired) electrons. The number of nitrogens with zero attached hydrogens (tertiary/aromatic N) is 2. The molecule has 0 bridgehead atoms. The van der Waals surface area contributed by atoms with Crippen molar-refractivity contribution < 1.29 is 36.3 Å². The molecule has 1 atom stereocenters. The molecule has 1 unspecified atom stereocenters. The first kappa shape index (κ1) is 25.8. The Balaban J connectivity index is 2.00. The normalized spacial score (nSPS) is 16.8. The van der Waals surface area contributed by atoms with Crippen molar-refractivity contribution in [3.8, 4) is 0 Å². The van der Waals surface area contributed by atoms with Crippen molar-refractivity contribution in [2.24, 2.45) is 5.92 Å². The van der Waals surface area contributed by atoms with Gasteiger partial charge in [-0.05, 0) is 49.1 Å². The van der Waals surface area contributed by atoms with E-state index in [1.165, 1.54) is 29.2 Å². The van der Waals surface area contributed by atoms with E-state index in [-0.39, 0.29) is 35.3 Å². The predicted molar refractivity (Wildman–Crippen MR) is 119 cm³/mol. The van der Waals surface area contributed by atoms with Gasteiger partial charge in [0.1, 0.15) is 6.54 Å². The van der Waals surface area contributed by atoms with Crippen LogP contribution in [0.25, 0.3) is 0 Å². The van der Waals surface area contributed by atoms with Crippen LogP contribution in [0.1, 0.15) is 24.8 Å². The number of likely N-dealkylation sites (tertiary alicyclic amines) is 1. The molecule has 184 valence electrons. The number of halogens is 4. The average molecular weight is 519 g/mol. The van der Waals surface area contributed by atoms with E-state index >= 15 is 0 Å². The van der Waals surface area contributed by atoms with Gasteiger partial charge in [0.2, 0.25) is 5.91 Å². The minimum absolute atomic E-state index is 0.112. The molecular weight excluding hydrogens is 497 g/mol. The fraction of sp³-hybridized carbons (Fsp3) is 0.364. The van der Waals surface area contributed by atoms with Crippen LogP contribution in [0.5, 0.6) is 0 Å². The van der Waals surface area contributed by atoms with Crippen LogP contribution in [0.15, 0.2) is 53.4 Å². The molecule has 1 heterocycles. The van der Waals surface area contributed by atoms with Gasteiger partial charge in [0.15, 0.2) is 0 Å². The van der Waals surface area contributed by atoms with Crippen LogP contribution in [0, 0.1) is 5.92 Å². The Labute approximate surface area is 199 Å². The Bertz CT molecular complexity index is 1160. The van der Waals surface area contributed by atoms with Crippen LogP contribution >= 0.6 is 11.6 Å². The monoisotopic (exact) mass is 518 g/mol. The maximum atomic E-state index is 13.4. The summed E-state index contributed by atoms with van der Waals surface area (Å²) < 4.78 is 67.4. The number of alkyl halides is 3. The number of piperidine rings is 1. The summed E-state index contributed by atoms with van der Waals surface area (Å²) in [5, 5.41) is 8.77. The predicted octanol–water partition coefficient (Wildman–Crippen LogP) is 4.27. The van der Waals surface area contributed by atoms with Gasteiger partial charge in [-0.1, -0.05) is 29.8 Å². The number of benzene rings is 2. The number of aliphatic carboxylic acids is 1. The van der Waals surface area contributed by atoms with Crippen LogP contribution < -0.4 is 4.31 Å². The third-order valence-corrected chi connectivity index (χ3v) is 7.58. The zero-order valence-electron chi connectivity index (χ0n) is 17.8. The first-order valence-electron chi connectivity index (χ1n) is 10.3. The van der Waals surface area contributed by atoms with Gasteiger partial charge in [-0.25, -0.2) is 8.42 Å². The van der Waals surface area contributed by atoms with Gasteiger partial charge in [0.25, 0.3) is 10.0 Å². The number of hydrogen-bond donors (Lipinski definition) is 1. The Morgan fingerprint density at radius 3 is 2.44 bits per heavy atom. The van der Waals surface area contributed by atoms with Crippen molar-refractivity contribution >= 4 is 39.2 Å². The highest BCUT2D eigenvalue weighted by Crippen LogP contribution is 2.37. The second kappa shape index (κ2) is 10.2. The summed E-state index contributed by atoms with van der Waals surface area (Å²) in [6.07, 6.45) is -3.78. The van der Waals surface area contributed by atoms with Crippen molar-refractivity contribution in [3.63, 3.8) is 0 Å². The second-order valence-corrected chi connectivity index (χ2v) is 10.2. The van der Waals surface area contributed by atoms with E-state index in [1.807, 2.05) is 0 Å². The van der Waals surface area contributed by atoms with Crippen molar-refractivity contribution in [1.29, 1.82) is 0 Å². The maximum absolute atomic E-state index is 13.4. The van der Waals surface area contributed by atoms with Gasteiger partial charge in [-0.15, -0.1) is 0 Å². The number of carbonyl (C=O) groups excluding carboxylic acids is 1. The van der Waals surface area contributed by atoms with E-state index in [2.05, 4.69) is 0 Å². The lowest BCUT2D eigenvalue weighted by molar-refractivity contribution is -0.140. The third kappa shape index (κ3) is 6.01. The summed E-state index contributed by atoms with van der Waals surface area (Å²) in [4.78, 5) is 25.3. The molecule has 1 N–H and O–H groups in total. The van der Waals surface area contributed by atoms with Crippen LogP contribution in [-0.2, 0) is 25.8 Å². The molecule has 0 saturated carbocycles. The van der Waals surface area contributed by atoms with Crippen molar-refractivity contribution in [2.45, 2.75) is 30.3 Å². The molecule has 1 amide bonds. The Kier molecular flexibility index (Phi) is 7.77. The number of rotatable bonds is 7. The van der Waals surface area contributed by atoms with Crippen LogP contribution in [0.4, 0.5) is 18.9 Å². The first-order valence-corrected chi connectivity index (χ1v) is 12.2. The van der Waals surface area contributed by atoms with Gasteiger partial charge >= 0.3 is 12.1 Å². The molecular formula is C22H22ClF3N2O5S. The van der Waals surface area contributed by atoms with Crippen LogP contribution in [-0.4, -0.2) is 49.9 Å². The van der Waals surface area contributed by atoms with Crippen molar-refractivity contribution in [3.05, 3.63) is 59.1 Å². The molecule has 0 aromatic heterocycles. The number of carboxylic acid groups (broad SMARTS) is 1. The molecule has 1 saturated heterocycles. The van der Waals surface area contributed by atoms with Crippen LogP contribution in [0.2, 0.25) is 5.02 Å². The number of anilines is 1. The van der Waals surface area contributed by atoms with Crippen LogP contribution in [0.3, 0.4) is 0 Å². The van der Waals surface area contributed by atoms with E-state index in [1.54, 1.807) is 6.07 Å². The third-order valence-electron chi connectivity index (χ3n) is 5.49. The maximum Gasteiger partial charge on any atom is 0.416 e. The summed E-state index contributed by atoms with van der Waals surface area (Å²) in [6, 6.07) is 9.24. The Hall–Kier alpha value is -2.79. The SMILES string of the molecule is O=C(O)CC1CCCN(C(=O)CN(c2cc(C(F)(F)F)ccc2Cl)S(=O)(=O)c2ccccc2)C1. The zero-order valence-corrected chi connectivity index (χ0v) is 19.4. The summed E-state index contributed by atoms with van der Waals surface area (Å²) in [5.41, 5.74) is -1.60. The van der Waals surface area contributed by atoms with E-state index in [4.69, 9.17) is 16.7 Å². The fourth-order valence-corrected chi connectivity index (χ4v) is 5.54. The van der Waals surface area contributed by atoms with Gasteiger partial charge in [-0.3, -0.25) is 13.9 Å². The lowest BCUT2D eigenvalue weighted by atomic mass is 9.95. The van der Waals surface area contributed by atoms with E-state index < -0.39 is 45.9 Å². The largest absolute Gasteiger partial charge is 0.481 e. The quantitative estimate of drug-likeness (QED) is 0.591. The van der Waals surface area contributed by atoms with Gasteiger partial charge in [0.05, 0.1) is 21.2 Å². The average Bonchev–Trinajstić information content (AvgIpc) is 2.77. The molecule has 3 rings (SSSR count).